The molecule has 1 aromatic heterocycles. The maximum atomic E-state index is 5.07. The largest absolute Gasteiger partial charge is 0.480 e. The molecular formula is C8H12N2O. The summed E-state index contributed by atoms with van der Waals surface area (Å²) in [6.07, 6.45) is 4.59. The predicted molar refractivity (Wildman–Crippen MR) is 41.8 cm³/mol. The Morgan fingerprint density at radius 2 is 2.36 bits per heavy atom. The zero-order valence-electron chi connectivity index (χ0n) is 6.87. The molecule has 1 fully saturated rings. The quantitative estimate of drug-likeness (QED) is 0.642. The van der Waals surface area contributed by atoms with Gasteiger partial charge >= 0.3 is 0 Å². The molecule has 0 aromatic carbocycles. The molecule has 2 rings (SSSR count). The number of ether oxygens (including phenoxy) is 1. The van der Waals surface area contributed by atoms with Crippen molar-refractivity contribution in [1.82, 2.24) is 9.78 Å². The van der Waals surface area contributed by atoms with Crippen molar-refractivity contribution in [1.29, 1.82) is 0 Å². The molecule has 60 valence electrons. The van der Waals surface area contributed by atoms with Crippen LogP contribution in [0.4, 0.5) is 0 Å². The molecule has 0 amide bonds. The van der Waals surface area contributed by atoms with E-state index >= 15 is 0 Å². The van der Waals surface area contributed by atoms with Crippen molar-refractivity contribution < 1.29 is 4.74 Å². The van der Waals surface area contributed by atoms with Gasteiger partial charge in [0.05, 0.1) is 13.2 Å². The summed E-state index contributed by atoms with van der Waals surface area (Å²) in [6.45, 7) is 2.02. The fourth-order valence-electron chi connectivity index (χ4n) is 1.19. The average Bonchev–Trinajstić information content (AvgIpc) is 2.76. The minimum Gasteiger partial charge on any atom is -0.480 e. The summed E-state index contributed by atoms with van der Waals surface area (Å²) in [5.74, 6) is 0.761. The molecule has 1 heterocycles. The molecule has 0 unspecified atom stereocenters. The Hall–Kier alpha value is -0.990. The Labute approximate surface area is 66.0 Å². The van der Waals surface area contributed by atoms with Crippen LogP contribution in [-0.2, 0) is 0 Å². The highest BCUT2D eigenvalue weighted by Gasteiger charge is 2.25. The molecule has 0 N–H and O–H groups in total. The van der Waals surface area contributed by atoms with E-state index in [2.05, 4.69) is 11.3 Å². The highest BCUT2D eigenvalue weighted by Crippen LogP contribution is 2.35. The normalized spacial score (nSPS) is 16.9. The molecule has 0 spiro atoms. The van der Waals surface area contributed by atoms with Crippen LogP contribution in [-0.4, -0.2) is 16.9 Å². The summed E-state index contributed by atoms with van der Waals surface area (Å²) < 4.78 is 7.08. The zero-order valence-corrected chi connectivity index (χ0v) is 6.87. The zero-order chi connectivity index (χ0) is 7.84. The van der Waals surface area contributed by atoms with Gasteiger partial charge in [0.15, 0.2) is 0 Å². The van der Waals surface area contributed by atoms with Gasteiger partial charge in [0.25, 0.3) is 0 Å². The minimum absolute atomic E-state index is 0.651. The van der Waals surface area contributed by atoms with Crippen molar-refractivity contribution >= 4 is 0 Å². The lowest BCUT2D eigenvalue weighted by atomic mass is 10.4. The fourth-order valence-corrected chi connectivity index (χ4v) is 1.19. The van der Waals surface area contributed by atoms with Crippen molar-refractivity contribution in [3.05, 3.63) is 11.8 Å². The van der Waals surface area contributed by atoms with Crippen LogP contribution in [0.3, 0.4) is 0 Å². The van der Waals surface area contributed by atoms with Crippen molar-refractivity contribution in [3.63, 3.8) is 0 Å². The third kappa shape index (κ3) is 1.11. The first-order valence-corrected chi connectivity index (χ1v) is 3.91. The van der Waals surface area contributed by atoms with Gasteiger partial charge in [-0.2, -0.15) is 0 Å². The lowest BCUT2D eigenvalue weighted by molar-refractivity contribution is 0.386. The van der Waals surface area contributed by atoms with E-state index in [4.69, 9.17) is 4.74 Å². The van der Waals surface area contributed by atoms with E-state index < -0.39 is 0 Å². The fraction of sp³-hybridized carbons (Fsp3) is 0.625. The van der Waals surface area contributed by atoms with Crippen LogP contribution in [0.2, 0.25) is 0 Å². The molecule has 3 nitrogen and oxygen atoms in total. The van der Waals surface area contributed by atoms with Gasteiger partial charge < -0.3 is 4.74 Å². The standard InChI is InChI=1S/C8H12N2O/c1-6-5-10(7-3-4-7)9-8(6)11-2/h5,7H,3-4H2,1-2H3. The van der Waals surface area contributed by atoms with Gasteiger partial charge in [0, 0.05) is 11.8 Å². The first-order chi connectivity index (χ1) is 5.31. The number of aromatic nitrogens is 2. The monoisotopic (exact) mass is 152 g/mol. The van der Waals surface area contributed by atoms with E-state index in [0.29, 0.717) is 6.04 Å². The maximum Gasteiger partial charge on any atom is 0.235 e. The lowest BCUT2D eigenvalue weighted by Gasteiger charge is -1.94. The molecule has 0 bridgehead atoms. The summed E-state index contributed by atoms with van der Waals surface area (Å²) in [6, 6.07) is 0.651. The van der Waals surface area contributed by atoms with Crippen LogP contribution >= 0.6 is 0 Å². The van der Waals surface area contributed by atoms with Crippen molar-refractivity contribution in [2.75, 3.05) is 7.11 Å². The van der Waals surface area contributed by atoms with Gasteiger partial charge in [0.2, 0.25) is 5.88 Å². The Kier molecular flexibility index (Phi) is 1.37. The van der Waals surface area contributed by atoms with Gasteiger partial charge in [-0.15, -0.1) is 5.10 Å². The highest BCUT2D eigenvalue weighted by molar-refractivity contribution is 5.21. The number of nitrogens with zero attached hydrogens (tertiary/aromatic N) is 2. The van der Waals surface area contributed by atoms with Crippen LogP contribution in [0.25, 0.3) is 0 Å². The molecule has 0 atom stereocenters. The highest BCUT2D eigenvalue weighted by atomic mass is 16.5. The molecule has 0 saturated heterocycles. The summed E-state index contributed by atoms with van der Waals surface area (Å²) in [7, 11) is 1.66. The Balaban J connectivity index is 2.28. The van der Waals surface area contributed by atoms with Crippen LogP contribution in [0, 0.1) is 6.92 Å². The molecule has 1 aliphatic rings. The van der Waals surface area contributed by atoms with E-state index in [1.165, 1.54) is 12.8 Å². The first kappa shape index (κ1) is 6.70. The van der Waals surface area contributed by atoms with Crippen LogP contribution in [0.15, 0.2) is 6.20 Å². The second-order valence-electron chi connectivity index (χ2n) is 3.03. The summed E-state index contributed by atoms with van der Waals surface area (Å²) in [5, 5.41) is 4.28. The molecule has 1 saturated carbocycles. The van der Waals surface area contributed by atoms with E-state index in [1.54, 1.807) is 7.11 Å². The average molecular weight is 152 g/mol. The molecule has 1 aromatic rings. The van der Waals surface area contributed by atoms with E-state index in [9.17, 15) is 0 Å². The molecular weight excluding hydrogens is 140 g/mol. The van der Waals surface area contributed by atoms with Gasteiger partial charge in [-0.3, -0.25) is 4.68 Å². The molecule has 3 heteroatoms. The minimum atomic E-state index is 0.651. The molecule has 0 aliphatic heterocycles. The smallest absolute Gasteiger partial charge is 0.235 e. The molecule has 0 radical (unpaired) electrons. The summed E-state index contributed by atoms with van der Waals surface area (Å²) >= 11 is 0. The molecule has 1 aliphatic carbocycles. The predicted octanol–water partition coefficient (Wildman–Crippen LogP) is 1.54. The third-order valence-electron chi connectivity index (χ3n) is 1.98. The Morgan fingerprint density at radius 1 is 1.64 bits per heavy atom. The van der Waals surface area contributed by atoms with E-state index in [1.807, 2.05) is 11.6 Å². The number of rotatable bonds is 2. The summed E-state index contributed by atoms with van der Waals surface area (Å²) in [5.41, 5.74) is 1.12. The van der Waals surface area contributed by atoms with Gasteiger partial charge in [-0.25, -0.2) is 0 Å². The Morgan fingerprint density at radius 3 is 2.82 bits per heavy atom. The van der Waals surface area contributed by atoms with Crippen molar-refractivity contribution in [3.8, 4) is 5.88 Å². The second kappa shape index (κ2) is 2.26. The second-order valence-corrected chi connectivity index (χ2v) is 3.03. The van der Waals surface area contributed by atoms with E-state index in [-0.39, 0.29) is 0 Å². The van der Waals surface area contributed by atoms with Crippen LogP contribution in [0.5, 0.6) is 5.88 Å². The van der Waals surface area contributed by atoms with Crippen molar-refractivity contribution in [2.45, 2.75) is 25.8 Å². The van der Waals surface area contributed by atoms with Crippen LogP contribution < -0.4 is 4.74 Å². The maximum absolute atomic E-state index is 5.07. The first-order valence-electron chi connectivity index (χ1n) is 3.91. The van der Waals surface area contributed by atoms with Gasteiger partial charge in [-0.05, 0) is 19.8 Å². The topological polar surface area (TPSA) is 27.1 Å². The number of hydrogen-bond donors (Lipinski definition) is 0. The van der Waals surface area contributed by atoms with Crippen LogP contribution in [0.1, 0.15) is 24.4 Å². The van der Waals surface area contributed by atoms with Gasteiger partial charge in [0.1, 0.15) is 0 Å². The Bertz CT molecular complexity index is 263. The number of methoxy groups -OCH3 is 1. The van der Waals surface area contributed by atoms with E-state index in [0.717, 1.165) is 11.4 Å². The summed E-state index contributed by atoms with van der Waals surface area (Å²) in [4.78, 5) is 0. The number of aryl methyl sites for hydroxylation is 1. The third-order valence-corrected chi connectivity index (χ3v) is 1.98. The van der Waals surface area contributed by atoms with Gasteiger partial charge in [-0.1, -0.05) is 0 Å². The van der Waals surface area contributed by atoms with Crippen molar-refractivity contribution in [2.24, 2.45) is 0 Å². The lowest BCUT2D eigenvalue weighted by Crippen LogP contribution is -1.94. The molecule has 11 heavy (non-hydrogen) atoms. The number of hydrogen-bond acceptors (Lipinski definition) is 2. The SMILES string of the molecule is COc1nn(C2CC2)cc1C.